The number of benzene rings is 2. The molecule has 0 unspecified atom stereocenters. The molecule has 5 nitrogen and oxygen atoms in total. The Kier molecular flexibility index (Phi) is 6.85. The number of aryl methyl sites for hydroxylation is 2. The van der Waals surface area contributed by atoms with E-state index in [1.807, 2.05) is 44.2 Å². The summed E-state index contributed by atoms with van der Waals surface area (Å²) in [5.74, 6) is 0.778. The van der Waals surface area contributed by atoms with Crippen LogP contribution in [0.25, 0.3) is 0 Å². The minimum absolute atomic E-state index is 0.00864. The van der Waals surface area contributed by atoms with Crippen LogP contribution in [0.4, 0.5) is 11.4 Å². The van der Waals surface area contributed by atoms with Crippen LogP contribution in [-0.4, -0.2) is 18.6 Å². The van der Waals surface area contributed by atoms with Gasteiger partial charge in [-0.3, -0.25) is 10.1 Å². The molecule has 0 aromatic heterocycles. The molecule has 2 aromatic rings. The van der Waals surface area contributed by atoms with E-state index in [0.29, 0.717) is 6.54 Å². The van der Waals surface area contributed by atoms with Crippen LogP contribution < -0.4 is 21.1 Å². The summed E-state index contributed by atoms with van der Waals surface area (Å²) < 4.78 is 6.28. The lowest BCUT2D eigenvalue weighted by atomic mass is 9.80. The van der Waals surface area contributed by atoms with Crippen molar-refractivity contribution in [3.05, 3.63) is 51.5 Å². The second kappa shape index (κ2) is 9.18. The number of hydrogen-bond acceptors (Lipinski definition) is 4. The van der Waals surface area contributed by atoms with Crippen LogP contribution in [-0.2, 0) is 11.3 Å². The number of anilines is 2. The fourth-order valence-electron chi connectivity index (χ4n) is 4.03. The highest BCUT2D eigenvalue weighted by molar-refractivity contribution is 9.10. The molecule has 1 saturated carbocycles. The van der Waals surface area contributed by atoms with Crippen molar-refractivity contribution in [1.29, 1.82) is 0 Å². The average molecular weight is 460 g/mol. The molecule has 3 rings (SSSR count). The van der Waals surface area contributed by atoms with E-state index in [4.69, 9.17) is 10.5 Å². The van der Waals surface area contributed by atoms with E-state index in [1.165, 1.54) is 0 Å². The second-order valence-electron chi connectivity index (χ2n) is 7.89. The summed E-state index contributed by atoms with van der Waals surface area (Å²) in [7, 11) is 1.64. The van der Waals surface area contributed by atoms with Gasteiger partial charge in [0, 0.05) is 22.8 Å². The third kappa shape index (κ3) is 4.75. The Morgan fingerprint density at radius 3 is 2.52 bits per heavy atom. The van der Waals surface area contributed by atoms with Crippen molar-refractivity contribution >= 4 is 33.2 Å². The van der Waals surface area contributed by atoms with Gasteiger partial charge < -0.3 is 15.8 Å². The SMILES string of the molecule is COc1cc(NC(=O)C2(NCc3c(C)ccc(Br)c3N)CCCCC2)ccc1C. The lowest BCUT2D eigenvalue weighted by molar-refractivity contribution is -0.123. The number of carbonyl (C=O) groups excluding carboxylic acids is 1. The largest absolute Gasteiger partial charge is 0.496 e. The zero-order valence-corrected chi connectivity index (χ0v) is 19.0. The number of amides is 1. The highest BCUT2D eigenvalue weighted by Crippen LogP contribution is 2.32. The predicted octanol–water partition coefficient (Wildman–Crippen LogP) is 5.09. The number of carbonyl (C=O) groups is 1. The Balaban J connectivity index is 1.81. The zero-order valence-electron chi connectivity index (χ0n) is 17.4. The molecule has 1 fully saturated rings. The molecule has 2 aromatic carbocycles. The molecule has 156 valence electrons. The number of nitrogens with one attached hydrogen (secondary N) is 2. The van der Waals surface area contributed by atoms with Crippen LogP contribution in [0.3, 0.4) is 0 Å². The van der Waals surface area contributed by atoms with Crippen LogP contribution in [0.1, 0.15) is 48.8 Å². The molecule has 29 heavy (non-hydrogen) atoms. The van der Waals surface area contributed by atoms with Gasteiger partial charge >= 0.3 is 0 Å². The van der Waals surface area contributed by atoms with E-state index in [-0.39, 0.29) is 5.91 Å². The van der Waals surface area contributed by atoms with Gasteiger partial charge in [-0.15, -0.1) is 0 Å². The second-order valence-corrected chi connectivity index (χ2v) is 8.75. The quantitative estimate of drug-likeness (QED) is 0.525. The van der Waals surface area contributed by atoms with Crippen molar-refractivity contribution in [1.82, 2.24) is 5.32 Å². The van der Waals surface area contributed by atoms with E-state index in [1.54, 1.807) is 7.11 Å². The maximum Gasteiger partial charge on any atom is 0.244 e. The van der Waals surface area contributed by atoms with Gasteiger partial charge in [0.1, 0.15) is 5.75 Å². The molecule has 4 N–H and O–H groups in total. The van der Waals surface area contributed by atoms with E-state index in [0.717, 1.165) is 70.4 Å². The van der Waals surface area contributed by atoms with E-state index in [9.17, 15) is 4.79 Å². The fourth-order valence-corrected chi connectivity index (χ4v) is 4.40. The monoisotopic (exact) mass is 459 g/mol. The van der Waals surface area contributed by atoms with Gasteiger partial charge in [0.25, 0.3) is 0 Å². The van der Waals surface area contributed by atoms with Gasteiger partial charge in [0.05, 0.1) is 18.3 Å². The summed E-state index contributed by atoms with van der Waals surface area (Å²) in [4.78, 5) is 13.4. The molecule has 0 radical (unpaired) electrons. The van der Waals surface area contributed by atoms with Gasteiger partial charge in [-0.25, -0.2) is 0 Å². The van der Waals surface area contributed by atoms with Crippen molar-refractivity contribution in [2.24, 2.45) is 0 Å². The molecule has 6 heteroatoms. The van der Waals surface area contributed by atoms with Crippen LogP contribution in [0.5, 0.6) is 5.75 Å². The highest BCUT2D eigenvalue weighted by atomic mass is 79.9. The summed E-state index contributed by atoms with van der Waals surface area (Å²) in [6, 6.07) is 9.76. The Bertz CT molecular complexity index is 892. The van der Waals surface area contributed by atoms with Crippen molar-refractivity contribution in [2.45, 2.75) is 58.0 Å². The van der Waals surface area contributed by atoms with Crippen molar-refractivity contribution in [2.75, 3.05) is 18.2 Å². The number of halogens is 1. The lowest BCUT2D eigenvalue weighted by Gasteiger charge is -2.37. The molecule has 0 bridgehead atoms. The predicted molar refractivity (Wildman–Crippen MR) is 122 cm³/mol. The Labute approximate surface area is 181 Å². The average Bonchev–Trinajstić information content (AvgIpc) is 2.73. The normalized spacial score (nSPS) is 15.7. The summed E-state index contributed by atoms with van der Waals surface area (Å²) in [5.41, 5.74) is 10.4. The van der Waals surface area contributed by atoms with Gasteiger partial charge in [-0.2, -0.15) is 0 Å². The number of nitrogens with two attached hydrogens (primary N) is 1. The van der Waals surface area contributed by atoms with Gasteiger partial charge in [-0.05, 0) is 71.4 Å². The number of nitrogen functional groups attached to an aromatic ring is 1. The number of rotatable bonds is 6. The first kappa shape index (κ1) is 21.7. The molecule has 1 aliphatic rings. The molecular formula is C23H30BrN3O2. The van der Waals surface area contributed by atoms with Crippen molar-refractivity contribution in [3.63, 3.8) is 0 Å². The topological polar surface area (TPSA) is 76.4 Å². The molecule has 0 atom stereocenters. The lowest BCUT2D eigenvalue weighted by Crippen LogP contribution is -2.55. The van der Waals surface area contributed by atoms with Crippen LogP contribution in [0.2, 0.25) is 0 Å². The number of hydrogen-bond donors (Lipinski definition) is 3. The van der Waals surface area contributed by atoms with Crippen LogP contribution in [0.15, 0.2) is 34.8 Å². The summed E-state index contributed by atoms with van der Waals surface area (Å²) in [6.07, 6.45) is 4.85. The smallest absolute Gasteiger partial charge is 0.244 e. The first-order valence-electron chi connectivity index (χ1n) is 10.1. The third-order valence-corrected chi connectivity index (χ3v) is 6.64. The molecule has 0 heterocycles. The van der Waals surface area contributed by atoms with Gasteiger partial charge in [0.2, 0.25) is 5.91 Å². The van der Waals surface area contributed by atoms with Crippen LogP contribution >= 0.6 is 15.9 Å². The Morgan fingerprint density at radius 2 is 1.83 bits per heavy atom. The van der Waals surface area contributed by atoms with Crippen molar-refractivity contribution in [3.8, 4) is 5.75 Å². The van der Waals surface area contributed by atoms with E-state index >= 15 is 0 Å². The minimum atomic E-state index is -0.600. The van der Waals surface area contributed by atoms with Gasteiger partial charge in [0.15, 0.2) is 0 Å². The number of methoxy groups -OCH3 is 1. The van der Waals surface area contributed by atoms with Crippen molar-refractivity contribution < 1.29 is 9.53 Å². The molecule has 1 aliphatic carbocycles. The van der Waals surface area contributed by atoms with Crippen LogP contribution in [0, 0.1) is 13.8 Å². The van der Waals surface area contributed by atoms with Gasteiger partial charge in [-0.1, -0.05) is 31.4 Å². The standard InChI is InChI=1S/C23H30BrN3O2/c1-15-8-10-19(24)21(25)18(15)14-26-23(11-5-4-6-12-23)22(28)27-17-9-7-16(2)20(13-17)29-3/h7-10,13,26H,4-6,11-12,14,25H2,1-3H3,(H,27,28). The summed E-state index contributed by atoms with van der Waals surface area (Å²) >= 11 is 3.51. The van der Waals surface area contributed by atoms with E-state index < -0.39 is 5.54 Å². The first-order chi connectivity index (χ1) is 13.9. The Hall–Kier alpha value is -2.05. The Morgan fingerprint density at radius 1 is 1.14 bits per heavy atom. The highest BCUT2D eigenvalue weighted by Gasteiger charge is 2.39. The molecule has 0 saturated heterocycles. The first-order valence-corrected chi connectivity index (χ1v) is 10.9. The summed E-state index contributed by atoms with van der Waals surface area (Å²) in [5, 5.41) is 6.69. The zero-order chi connectivity index (χ0) is 21.0. The summed E-state index contributed by atoms with van der Waals surface area (Å²) in [6.45, 7) is 4.59. The number of ether oxygens (including phenoxy) is 1. The third-order valence-electron chi connectivity index (χ3n) is 5.95. The molecule has 1 amide bonds. The maximum atomic E-state index is 13.4. The maximum absolute atomic E-state index is 13.4. The molecule has 0 spiro atoms. The fraction of sp³-hybridized carbons (Fsp3) is 0.435. The minimum Gasteiger partial charge on any atom is -0.496 e. The van der Waals surface area contributed by atoms with E-state index in [2.05, 4.69) is 26.6 Å². The molecular weight excluding hydrogens is 430 g/mol. The molecule has 0 aliphatic heterocycles.